The lowest BCUT2D eigenvalue weighted by molar-refractivity contribution is 0.0724. The van der Waals surface area contributed by atoms with Crippen LogP contribution in [0.5, 0.6) is 11.5 Å². The highest BCUT2D eigenvalue weighted by Crippen LogP contribution is 2.38. The first-order chi connectivity index (χ1) is 12.9. The zero-order chi connectivity index (χ0) is 19.6. The molecule has 27 heavy (non-hydrogen) atoms. The third kappa shape index (κ3) is 3.66. The molecule has 1 heterocycles. The zero-order valence-corrected chi connectivity index (χ0v) is 16.0. The van der Waals surface area contributed by atoms with E-state index in [0.29, 0.717) is 17.1 Å². The second kappa shape index (κ2) is 7.85. The van der Waals surface area contributed by atoms with Crippen molar-refractivity contribution in [2.75, 3.05) is 27.4 Å². The van der Waals surface area contributed by atoms with Gasteiger partial charge in [0.05, 0.1) is 37.9 Å². The fourth-order valence-corrected chi connectivity index (χ4v) is 5.31. The van der Waals surface area contributed by atoms with Gasteiger partial charge in [0.2, 0.25) is 10.0 Å². The molecule has 1 aliphatic heterocycles. The number of aliphatic hydroxyl groups excluding tert-OH is 2. The average Bonchev–Trinajstić information content (AvgIpc) is 2.68. The summed E-state index contributed by atoms with van der Waals surface area (Å²) in [5.41, 5.74) is 1.12. The van der Waals surface area contributed by atoms with Gasteiger partial charge < -0.3 is 19.7 Å². The quantitative estimate of drug-likeness (QED) is 0.769. The number of hydrogen-bond acceptors (Lipinski definition) is 6. The van der Waals surface area contributed by atoms with Crippen molar-refractivity contribution in [2.24, 2.45) is 0 Å². The van der Waals surface area contributed by atoms with E-state index >= 15 is 0 Å². The van der Waals surface area contributed by atoms with Crippen LogP contribution in [0, 0.1) is 0 Å². The zero-order valence-electron chi connectivity index (χ0n) is 15.2. The topological polar surface area (TPSA) is 96.3 Å². The van der Waals surface area contributed by atoms with Gasteiger partial charge in [-0.25, -0.2) is 8.42 Å². The lowest BCUT2D eigenvalue weighted by atomic mass is 9.95. The second-order valence-corrected chi connectivity index (χ2v) is 8.17. The summed E-state index contributed by atoms with van der Waals surface area (Å²) in [4.78, 5) is 0.0745. The van der Waals surface area contributed by atoms with Crippen molar-refractivity contribution in [1.29, 1.82) is 0 Å². The number of hydrogen-bond donors (Lipinski definition) is 2. The number of nitrogens with zero attached hydrogens (tertiary/aromatic N) is 1. The lowest BCUT2D eigenvalue weighted by Crippen LogP contribution is -2.50. The van der Waals surface area contributed by atoms with Gasteiger partial charge in [0, 0.05) is 18.2 Å². The van der Waals surface area contributed by atoms with Crippen LogP contribution in [0.15, 0.2) is 47.4 Å². The van der Waals surface area contributed by atoms with E-state index in [9.17, 15) is 18.6 Å². The van der Waals surface area contributed by atoms with Gasteiger partial charge >= 0.3 is 0 Å². The summed E-state index contributed by atoms with van der Waals surface area (Å²) in [6.45, 7) is -0.439. The van der Waals surface area contributed by atoms with Crippen LogP contribution in [0.3, 0.4) is 0 Å². The molecule has 0 fully saturated rings. The van der Waals surface area contributed by atoms with Crippen molar-refractivity contribution in [3.8, 4) is 11.5 Å². The molecule has 146 valence electrons. The maximum atomic E-state index is 13.0. The maximum Gasteiger partial charge on any atom is 0.243 e. The Hall–Kier alpha value is -2.13. The van der Waals surface area contributed by atoms with Crippen molar-refractivity contribution >= 4 is 10.0 Å². The third-order valence-electron chi connectivity index (χ3n) is 4.74. The molecule has 0 aromatic heterocycles. The van der Waals surface area contributed by atoms with Crippen molar-refractivity contribution in [3.63, 3.8) is 0 Å². The molecule has 2 aromatic carbocycles. The minimum Gasteiger partial charge on any atom is -0.497 e. The number of rotatable bonds is 6. The SMILES string of the molecule is COc1cc(C[C@@H]2[C@@H](O)c3ccccc3S(=O)(=O)N2CCO)cc(OC)c1. The van der Waals surface area contributed by atoms with Crippen LogP contribution < -0.4 is 9.47 Å². The Kier molecular flexibility index (Phi) is 5.71. The minimum absolute atomic E-state index is 0.0745. The Labute approximate surface area is 158 Å². The van der Waals surface area contributed by atoms with Crippen LogP contribution in [0.2, 0.25) is 0 Å². The Morgan fingerprint density at radius 1 is 1.07 bits per heavy atom. The highest BCUT2D eigenvalue weighted by atomic mass is 32.2. The van der Waals surface area contributed by atoms with E-state index in [-0.39, 0.29) is 24.5 Å². The summed E-state index contributed by atoms with van der Waals surface area (Å²) in [7, 11) is -0.759. The summed E-state index contributed by atoms with van der Waals surface area (Å²) < 4.78 is 37.8. The van der Waals surface area contributed by atoms with E-state index in [1.165, 1.54) is 24.6 Å². The van der Waals surface area contributed by atoms with E-state index < -0.39 is 22.2 Å². The molecule has 8 heteroatoms. The Morgan fingerprint density at radius 2 is 1.70 bits per heavy atom. The van der Waals surface area contributed by atoms with E-state index in [2.05, 4.69) is 0 Å². The molecule has 0 amide bonds. The Bertz CT molecular complexity index is 892. The fraction of sp³-hybridized carbons (Fsp3) is 0.368. The molecule has 2 aromatic rings. The van der Waals surface area contributed by atoms with Gasteiger partial charge in [-0.2, -0.15) is 4.31 Å². The molecule has 2 atom stereocenters. The molecular formula is C19H23NO6S. The molecule has 2 N–H and O–H groups in total. The Balaban J connectivity index is 2.05. The Morgan fingerprint density at radius 3 is 2.30 bits per heavy atom. The van der Waals surface area contributed by atoms with Crippen LogP contribution in [-0.2, 0) is 16.4 Å². The van der Waals surface area contributed by atoms with Crippen LogP contribution in [0.25, 0.3) is 0 Å². The first-order valence-corrected chi connectivity index (χ1v) is 9.98. The molecule has 0 aliphatic carbocycles. The first-order valence-electron chi connectivity index (χ1n) is 8.54. The summed E-state index contributed by atoms with van der Waals surface area (Å²) in [6.07, 6.45) is -0.782. The van der Waals surface area contributed by atoms with Crippen LogP contribution >= 0.6 is 0 Å². The van der Waals surface area contributed by atoms with Gasteiger partial charge in [-0.15, -0.1) is 0 Å². The van der Waals surface area contributed by atoms with Crippen molar-refractivity contribution in [1.82, 2.24) is 4.31 Å². The minimum atomic E-state index is -3.83. The average molecular weight is 393 g/mol. The smallest absolute Gasteiger partial charge is 0.243 e. The molecule has 0 saturated carbocycles. The van der Waals surface area contributed by atoms with Crippen molar-refractivity contribution in [2.45, 2.75) is 23.5 Å². The van der Waals surface area contributed by atoms with Gasteiger partial charge in [-0.05, 0) is 30.2 Å². The van der Waals surface area contributed by atoms with E-state index in [0.717, 1.165) is 5.56 Å². The van der Waals surface area contributed by atoms with Crippen molar-refractivity contribution < 1.29 is 28.1 Å². The van der Waals surface area contributed by atoms with Gasteiger partial charge in [0.25, 0.3) is 0 Å². The molecule has 0 saturated heterocycles. The van der Waals surface area contributed by atoms with Gasteiger partial charge in [-0.1, -0.05) is 18.2 Å². The van der Waals surface area contributed by atoms with Gasteiger partial charge in [0.1, 0.15) is 11.5 Å². The summed E-state index contributed by atoms with van der Waals surface area (Å²) in [5, 5.41) is 20.3. The summed E-state index contributed by atoms with van der Waals surface area (Å²) in [5.74, 6) is 1.15. The molecule has 1 aliphatic rings. The number of aliphatic hydroxyl groups is 2. The van der Waals surface area contributed by atoms with Gasteiger partial charge in [-0.3, -0.25) is 0 Å². The van der Waals surface area contributed by atoms with E-state index in [4.69, 9.17) is 9.47 Å². The molecule has 0 unspecified atom stereocenters. The predicted molar refractivity (Wildman–Crippen MR) is 99.4 cm³/mol. The maximum absolute atomic E-state index is 13.0. The highest BCUT2D eigenvalue weighted by Gasteiger charge is 2.43. The highest BCUT2D eigenvalue weighted by molar-refractivity contribution is 7.89. The van der Waals surface area contributed by atoms with Gasteiger partial charge in [0.15, 0.2) is 0 Å². The summed E-state index contributed by atoms with van der Waals surface area (Å²) in [6, 6.07) is 10.9. The number of fused-ring (bicyclic) bond motifs is 1. The standard InChI is InChI=1S/C19H23NO6S/c1-25-14-9-13(10-15(12-14)26-2)11-17-19(22)16-5-3-4-6-18(16)27(23,24)20(17)7-8-21/h3-6,9-10,12,17,19,21-22H,7-8,11H2,1-2H3/t17-,19+/m1/s1. The molecule has 0 spiro atoms. The molecule has 0 radical (unpaired) electrons. The number of methoxy groups -OCH3 is 2. The van der Waals surface area contributed by atoms with E-state index in [1.54, 1.807) is 36.4 Å². The normalized spacial score (nSPS) is 21.5. The number of benzene rings is 2. The largest absolute Gasteiger partial charge is 0.497 e. The van der Waals surface area contributed by atoms with E-state index in [1.807, 2.05) is 0 Å². The van der Waals surface area contributed by atoms with Crippen LogP contribution in [0.1, 0.15) is 17.2 Å². The van der Waals surface area contributed by atoms with Crippen LogP contribution in [0.4, 0.5) is 0 Å². The monoisotopic (exact) mass is 393 g/mol. The molecule has 3 rings (SSSR count). The lowest BCUT2D eigenvalue weighted by Gasteiger charge is -2.39. The third-order valence-corrected chi connectivity index (χ3v) is 6.73. The number of ether oxygens (including phenoxy) is 2. The summed E-state index contributed by atoms with van der Waals surface area (Å²) >= 11 is 0. The first kappa shape index (κ1) is 19.6. The second-order valence-electron chi connectivity index (χ2n) is 6.31. The number of β-amino-alcohol motifs (C(OH)–C–C–N with tert-alkyl or cyclic N) is 1. The fourth-order valence-electron chi connectivity index (χ4n) is 3.45. The molecule has 0 bridgehead atoms. The molecular weight excluding hydrogens is 370 g/mol. The predicted octanol–water partition coefficient (Wildman–Crippen LogP) is 1.35. The van der Waals surface area contributed by atoms with Crippen molar-refractivity contribution in [3.05, 3.63) is 53.6 Å². The van der Waals surface area contributed by atoms with Crippen LogP contribution in [-0.4, -0.2) is 56.3 Å². The molecule has 7 nitrogen and oxygen atoms in total. The number of sulfonamides is 1.